The first kappa shape index (κ1) is 12.7. The third-order valence-corrected chi connectivity index (χ3v) is 3.49. The summed E-state index contributed by atoms with van der Waals surface area (Å²) < 4.78 is 10.7. The van der Waals surface area contributed by atoms with Crippen LogP contribution in [-0.4, -0.2) is 22.2 Å². The van der Waals surface area contributed by atoms with Gasteiger partial charge in [0.2, 0.25) is 5.76 Å². The Hall–Kier alpha value is -2.30. The topological polar surface area (TPSA) is 72.6 Å². The van der Waals surface area contributed by atoms with E-state index in [4.69, 9.17) is 14.3 Å². The molecule has 1 saturated carbocycles. The van der Waals surface area contributed by atoms with E-state index < -0.39 is 5.97 Å². The molecule has 1 aromatic heterocycles. The molecule has 0 unspecified atom stereocenters. The molecule has 20 heavy (non-hydrogen) atoms. The number of aromatic carboxylic acids is 1. The van der Waals surface area contributed by atoms with Crippen LogP contribution in [0.3, 0.4) is 0 Å². The van der Waals surface area contributed by atoms with Crippen LogP contribution in [0.2, 0.25) is 0 Å². The number of hydrogen-bond acceptors (Lipinski definition) is 4. The van der Waals surface area contributed by atoms with Crippen molar-refractivity contribution in [2.75, 3.05) is 0 Å². The Bertz CT molecular complexity index is 597. The molecule has 0 saturated heterocycles. The maximum absolute atomic E-state index is 11.0. The lowest BCUT2D eigenvalue weighted by atomic mass is 10.1. The SMILES string of the molecule is O=C(O)c1ocnc1-c1ccc(OC2CCCC2)cc1. The number of oxazole rings is 1. The number of hydrogen-bond donors (Lipinski definition) is 1. The fourth-order valence-corrected chi connectivity index (χ4v) is 2.49. The van der Waals surface area contributed by atoms with E-state index in [1.54, 1.807) is 12.1 Å². The lowest BCUT2D eigenvalue weighted by Crippen LogP contribution is -2.10. The molecular formula is C15H15NO4. The summed E-state index contributed by atoms with van der Waals surface area (Å²) in [6.07, 6.45) is 6.11. The first-order valence-corrected chi connectivity index (χ1v) is 6.68. The van der Waals surface area contributed by atoms with Gasteiger partial charge in [0, 0.05) is 5.56 Å². The molecule has 2 aromatic rings. The number of nitrogens with zero attached hydrogens (tertiary/aromatic N) is 1. The molecule has 1 aromatic carbocycles. The molecule has 1 heterocycles. The predicted molar refractivity (Wildman–Crippen MR) is 71.8 cm³/mol. The van der Waals surface area contributed by atoms with Crippen LogP contribution in [-0.2, 0) is 0 Å². The summed E-state index contributed by atoms with van der Waals surface area (Å²) in [6.45, 7) is 0. The summed E-state index contributed by atoms with van der Waals surface area (Å²) in [6, 6.07) is 7.28. The molecule has 3 rings (SSSR count). The van der Waals surface area contributed by atoms with Crippen LogP contribution in [0, 0.1) is 0 Å². The molecule has 0 spiro atoms. The number of carboxylic acids is 1. The van der Waals surface area contributed by atoms with E-state index in [0.717, 1.165) is 25.0 Å². The quantitative estimate of drug-likeness (QED) is 0.924. The number of benzene rings is 1. The minimum absolute atomic E-state index is 0.144. The first-order valence-electron chi connectivity index (χ1n) is 6.68. The Labute approximate surface area is 116 Å². The third-order valence-electron chi connectivity index (χ3n) is 3.49. The van der Waals surface area contributed by atoms with Gasteiger partial charge in [-0.25, -0.2) is 9.78 Å². The molecule has 1 aliphatic carbocycles. The Morgan fingerprint density at radius 2 is 1.95 bits per heavy atom. The zero-order valence-corrected chi connectivity index (χ0v) is 10.9. The molecule has 0 bridgehead atoms. The summed E-state index contributed by atoms with van der Waals surface area (Å²) in [5.41, 5.74) is 1.04. The molecule has 0 atom stereocenters. The van der Waals surface area contributed by atoms with Crippen molar-refractivity contribution in [3.63, 3.8) is 0 Å². The summed E-state index contributed by atoms with van der Waals surface area (Å²) >= 11 is 0. The maximum Gasteiger partial charge on any atom is 0.374 e. The lowest BCUT2D eigenvalue weighted by Gasteiger charge is -2.13. The minimum atomic E-state index is -1.12. The van der Waals surface area contributed by atoms with Crippen LogP contribution >= 0.6 is 0 Å². The molecular weight excluding hydrogens is 258 g/mol. The van der Waals surface area contributed by atoms with Crippen molar-refractivity contribution in [3.8, 4) is 17.0 Å². The standard InChI is InChI=1S/C15H15NO4/c17-15(18)14-13(16-9-19-14)10-5-7-12(8-6-10)20-11-3-1-2-4-11/h5-9,11H,1-4H2,(H,17,18). The number of carbonyl (C=O) groups is 1. The fourth-order valence-electron chi connectivity index (χ4n) is 2.49. The van der Waals surface area contributed by atoms with Crippen molar-refractivity contribution >= 4 is 5.97 Å². The zero-order chi connectivity index (χ0) is 13.9. The highest BCUT2D eigenvalue weighted by Gasteiger charge is 2.18. The van der Waals surface area contributed by atoms with E-state index in [2.05, 4.69) is 4.98 Å². The van der Waals surface area contributed by atoms with E-state index in [1.165, 1.54) is 12.8 Å². The van der Waals surface area contributed by atoms with Crippen LogP contribution in [0.5, 0.6) is 5.75 Å². The Morgan fingerprint density at radius 3 is 2.60 bits per heavy atom. The fraction of sp³-hybridized carbons (Fsp3) is 0.333. The Morgan fingerprint density at radius 1 is 1.25 bits per heavy atom. The van der Waals surface area contributed by atoms with Gasteiger partial charge < -0.3 is 14.3 Å². The second-order valence-electron chi connectivity index (χ2n) is 4.88. The monoisotopic (exact) mass is 273 g/mol. The second-order valence-corrected chi connectivity index (χ2v) is 4.88. The van der Waals surface area contributed by atoms with Gasteiger partial charge in [-0.1, -0.05) is 0 Å². The highest BCUT2D eigenvalue weighted by Crippen LogP contribution is 2.27. The predicted octanol–water partition coefficient (Wildman–Crippen LogP) is 3.36. The summed E-state index contributed by atoms with van der Waals surface area (Å²) in [7, 11) is 0. The number of ether oxygens (including phenoxy) is 1. The van der Waals surface area contributed by atoms with Crippen molar-refractivity contribution in [2.24, 2.45) is 0 Å². The van der Waals surface area contributed by atoms with E-state index in [1.807, 2.05) is 12.1 Å². The lowest BCUT2D eigenvalue weighted by molar-refractivity contribution is 0.0663. The Kier molecular flexibility index (Phi) is 3.41. The molecule has 1 aliphatic rings. The number of aromatic nitrogens is 1. The number of carboxylic acid groups (broad SMARTS) is 1. The van der Waals surface area contributed by atoms with Gasteiger partial charge in [-0.15, -0.1) is 0 Å². The van der Waals surface area contributed by atoms with Gasteiger partial charge in [0.25, 0.3) is 0 Å². The highest BCUT2D eigenvalue weighted by atomic mass is 16.5. The van der Waals surface area contributed by atoms with E-state index in [-0.39, 0.29) is 5.76 Å². The second kappa shape index (κ2) is 5.36. The van der Waals surface area contributed by atoms with E-state index >= 15 is 0 Å². The average Bonchev–Trinajstić information content (AvgIpc) is 3.10. The van der Waals surface area contributed by atoms with Crippen molar-refractivity contribution in [1.82, 2.24) is 4.98 Å². The van der Waals surface area contributed by atoms with Crippen LogP contribution in [0.15, 0.2) is 35.1 Å². The molecule has 5 heteroatoms. The molecule has 104 valence electrons. The molecule has 1 fully saturated rings. The zero-order valence-electron chi connectivity index (χ0n) is 10.9. The largest absolute Gasteiger partial charge is 0.490 e. The van der Waals surface area contributed by atoms with Crippen molar-refractivity contribution in [1.29, 1.82) is 0 Å². The third kappa shape index (κ3) is 2.52. The van der Waals surface area contributed by atoms with Gasteiger partial charge >= 0.3 is 5.97 Å². The summed E-state index contributed by atoms with van der Waals surface area (Å²) in [4.78, 5) is 14.9. The summed E-state index contributed by atoms with van der Waals surface area (Å²) in [5.74, 6) is -0.459. The number of rotatable bonds is 4. The van der Waals surface area contributed by atoms with Gasteiger partial charge in [0.1, 0.15) is 11.4 Å². The van der Waals surface area contributed by atoms with Gasteiger partial charge in [0.15, 0.2) is 6.39 Å². The van der Waals surface area contributed by atoms with E-state index in [0.29, 0.717) is 17.4 Å². The van der Waals surface area contributed by atoms with Crippen LogP contribution in [0.1, 0.15) is 36.2 Å². The van der Waals surface area contributed by atoms with Gasteiger partial charge in [0.05, 0.1) is 6.10 Å². The average molecular weight is 273 g/mol. The van der Waals surface area contributed by atoms with Crippen LogP contribution in [0.4, 0.5) is 0 Å². The van der Waals surface area contributed by atoms with Gasteiger partial charge in [-0.2, -0.15) is 0 Å². The van der Waals surface area contributed by atoms with Gasteiger partial charge in [-0.05, 0) is 49.9 Å². The molecule has 0 aliphatic heterocycles. The van der Waals surface area contributed by atoms with Crippen LogP contribution < -0.4 is 4.74 Å². The first-order chi connectivity index (χ1) is 9.74. The highest BCUT2D eigenvalue weighted by molar-refractivity contribution is 5.91. The minimum Gasteiger partial charge on any atom is -0.490 e. The Balaban J connectivity index is 1.78. The smallest absolute Gasteiger partial charge is 0.374 e. The summed E-state index contributed by atoms with van der Waals surface area (Å²) in [5, 5.41) is 9.00. The van der Waals surface area contributed by atoms with Crippen molar-refractivity contribution in [3.05, 3.63) is 36.4 Å². The van der Waals surface area contributed by atoms with Crippen molar-refractivity contribution in [2.45, 2.75) is 31.8 Å². The normalized spacial score (nSPS) is 15.4. The van der Waals surface area contributed by atoms with Crippen LogP contribution in [0.25, 0.3) is 11.3 Å². The maximum atomic E-state index is 11.0. The van der Waals surface area contributed by atoms with E-state index in [9.17, 15) is 4.79 Å². The molecule has 0 amide bonds. The molecule has 1 N–H and O–H groups in total. The van der Waals surface area contributed by atoms with Gasteiger partial charge in [-0.3, -0.25) is 0 Å². The molecule has 0 radical (unpaired) electrons. The van der Waals surface area contributed by atoms with Crippen molar-refractivity contribution < 1.29 is 19.1 Å². The molecule has 5 nitrogen and oxygen atoms in total.